The van der Waals surface area contributed by atoms with E-state index in [2.05, 4.69) is 10.1 Å². The van der Waals surface area contributed by atoms with E-state index in [9.17, 15) is 14.4 Å². The minimum atomic E-state index is -0.930. The molecule has 0 unspecified atom stereocenters. The van der Waals surface area contributed by atoms with Gasteiger partial charge in [-0.3, -0.25) is 9.59 Å². The number of amides is 2. The van der Waals surface area contributed by atoms with Crippen LogP contribution in [-0.2, 0) is 18.3 Å². The zero-order valence-corrected chi connectivity index (χ0v) is 20.7. The zero-order valence-electron chi connectivity index (χ0n) is 20.7. The Morgan fingerprint density at radius 1 is 1.00 bits per heavy atom. The van der Waals surface area contributed by atoms with E-state index in [0.29, 0.717) is 36.2 Å². The average molecular weight is 478 g/mol. The standard InChI is InChI=1S/C26H31N5O4/c1-15(27)14-26(24-28-25(34)35-29-24)20-10-8-18(22(32)30(2)3)12-16(20)6-7-17-13-19(9-11-21(17)26)23(33)31(4)5/h8-13,15H,6-7,14,27H2,1-5H3,(H,28,29,34)/t15-/m1/s1. The molecule has 1 aromatic heterocycles. The minimum absolute atomic E-state index is 0.0962. The Hall–Kier alpha value is -3.72. The van der Waals surface area contributed by atoms with Gasteiger partial charge in [-0.15, -0.1) is 0 Å². The highest BCUT2D eigenvalue weighted by Gasteiger charge is 2.45. The van der Waals surface area contributed by atoms with Crippen molar-refractivity contribution in [2.75, 3.05) is 28.2 Å². The Morgan fingerprint density at radius 2 is 1.49 bits per heavy atom. The van der Waals surface area contributed by atoms with E-state index in [-0.39, 0.29) is 17.9 Å². The van der Waals surface area contributed by atoms with Gasteiger partial charge in [0.1, 0.15) is 0 Å². The second-order valence-electron chi connectivity index (χ2n) is 9.66. The second-order valence-corrected chi connectivity index (χ2v) is 9.66. The molecular formula is C26H31N5O4. The van der Waals surface area contributed by atoms with Crippen LogP contribution < -0.4 is 11.5 Å². The number of nitrogens with zero attached hydrogens (tertiary/aromatic N) is 3. The molecule has 0 saturated heterocycles. The minimum Gasteiger partial charge on any atom is -0.345 e. The lowest BCUT2D eigenvalue weighted by atomic mass is 9.68. The molecule has 0 aliphatic heterocycles. The van der Waals surface area contributed by atoms with Crippen LogP contribution in [-0.4, -0.2) is 66.0 Å². The van der Waals surface area contributed by atoms with E-state index in [1.165, 1.54) is 9.80 Å². The Bertz CT molecular complexity index is 1260. The Kier molecular flexibility index (Phi) is 6.38. The van der Waals surface area contributed by atoms with Crippen molar-refractivity contribution in [3.8, 4) is 0 Å². The summed E-state index contributed by atoms with van der Waals surface area (Å²) in [6.07, 6.45) is 1.70. The van der Waals surface area contributed by atoms with Crippen molar-refractivity contribution in [3.63, 3.8) is 0 Å². The van der Waals surface area contributed by atoms with E-state index in [1.54, 1.807) is 40.3 Å². The fraction of sp³-hybridized carbons (Fsp3) is 0.385. The topological polar surface area (TPSA) is 126 Å². The van der Waals surface area contributed by atoms with E-state index < -0.39 is 11.2 Å². The molecule has 4 rings (SSSR count). The van der Waals surface area contributed by atoms with Crippen LogP contribution in [0.1, 0.15) is 62.1 Å². The maximum atomic E-state index is 12.7. The number of aromatic nitrogens is 2. The van der Waals surface area contributed by atoms with Crippen molar-refractivity contribution in [1.29, 1.82) is 0 Å². The molecule has 3 aromatic rings. The van der Waals surface area contributed by atoms with Gasteiger partial charge in [0.2, 0.25) is 0 Å². The van der Waals surface area contributed by atoms with Gasteiger partial charge in [0.25, 0.3) is 11.8 Å². The smallest absolute Gasteiger partial charge is 0.345 e. The van der Waals surface area contributed by atoms with Crippen LogP contribution in [0.25, 0.3) is 0 Å². The Morgan fingerprint density at radius 3 is 1.86 bits per heavy atom. The van der Waals surface area contributed by atoms with Crippen LogP contribution in [0.5, 0.6) is 0 Å². The predicted molar refractivity (Wildman–Crippen MR) is 132 cm³/mol. The van der Waals surface area contributed by atoms with Gasteiger partial charge in [-0.05, 0) is 72.7 Å². The second kappa shape index (κ2) is 9.14. The van der Waals surface area contributed by atoms with Crippen molar-refractivity contribution >= 4 is 11.8 Å². The van der Waals surface area contributed by atoms with Crippen LogP contribution in [0.15, 0.2) is 45.7 Å². The number of hydrogen-bond acceptors (Lipinski definition) is 6. The van der Waals surface area contributed by atoms with Crippen molar-refractivity contribution in [3.05, 3.63) is 86.2 Å². The number of fused-ring (bicyclic) bond motifs is 2. The number of nitrogens with two attached hydrogens (primary N) is 1. The van der Waals surface area contributed by atoms with Crippen LogP contribution in [0, 0.1) is 0 Å². The zero-order chi connectivity index (χ0) is 25.5. The first-order valence-electron chi connectivity index (χ1n) is 11.6. The number of aryl methyl sites for hydroxylation is 2. The third kappa shape index (κ3) is 4.27. The molecule has 1 aliphatic carbocycles. The van der Waals surface area contributed by atoms with Gasteiger partial charge < -0.3 is 20.1 Å². The first kappa shape index (κ1) is 24.4. The average Bonchev–Trinajstić information content (AvgIpc) is 3.21. The SMILES string of the molecule is C[C@@H](N)CC1(c2nc(=O)o[nH]2)c2ccc(C(=O)N(C)C)cc2CCc2cc(C(=O)N(C)C)ccc21. The molecule has 184 valence electrons. The molecule has 0 spiro atoms. The van der Waals surface area contributed by atoms with Crippen LogP contribution >= 0.6 is 0 Å². The van der Waals surface area contributed by atoms with Crippen molar-refractivity contribution < 1.29 is 14.1 Å². The van der Waals surface area contributed by atoms with E-state index in [4.69, 9.17) is 10.3 Å². The van der Waals surface area contributed by atoms with Crippen LogP contribution in [0.2, 0.25) is 0 Å². The van der Waals surface area contributed by atoms with Gasteiger partial charge in [-0.1, -0.05) is 12.1 Å². The fourth-order valence-corrected chi connectivity index (χ4v) is 5.10. The number of H-pyrrole nitrogens is 1. The van der Waals surface area contributed by atoms with E-state index in [1.807, 2.05) is 31.2 Å². The van der Waals surface area contributed by atoms with E-state index >= 15 is 0 Å². The molecular weight excluding hydrogens is 446 g/mol. The lowest BCUT2D eigenvalue weighted by Gasteiger charge is -2.36. The lowest BCUT2D eigenvalue weighted by molar-refractivity contribution is 0.0820. The third-order valence-electron chi connectivity index (χ3n) is 6.57. The van der Waals surface area contributed by atoms with E-state index in [0.717, 1.165) is 22.3 Å². The summed E-state index contributed by atoms with van der Waals surface area (Å²) in [6.45, 7) is 1.90. The normalized spacial score (nSPS) is 14.9. The number of rotatable bonds is 5. The van der Waals surface area contributed by atoms with Gasteiger partial charge in [-0.25, -0.2) is 9.95 Å². The molecule has 0 radical (unpaired) electrons. The van der Waals surface area contributed by atoms with Crippen molar-refractivity contribution in [1.82, 2.24) is 19.9 Å². The maximum absolute atomic E-state index is 12.7. The quantitative estimate of drug-likeness (QED) is 0.578. The highest BCUT2D eigenvalue weighted by Crippen LogP contribution is 2.46. The largest absolute Gasteiger partial charge is 0.459 e. The molecule has 3 N–H and O–H groups in total. The molecule has 9 nitrogen and oxygen atoms in total. The summed E-state index contributed by atoms with van der Waals surface area (Å²) >= 11 is 0. The fourth-order valence-electron chi connectivity index (χ4n) is 5.10. The lowest BCUT2D eigenvalue weighted by Crippen LogP contribution is -2.38. The third-order valence-corrected chi connectivity index (χ3v) is 6.57. The monoisotopic (exact) mass is 477 g/mol. The molecule has 1 aliphatic rings. The van der Waals surface area contributed by atoms with Crippen molar-refractivity contribution in [2.24, 2.45) is 5.73 Å². The molecule has 2 aromatic carbocycles. The number of carbonyl (C=O) groups excluding carboxylic acids is 2. The number of nitrogens with one attached hydrogen (secondary N) is 1. The van der Waals surface area contributed by atoms with Gasteiger partial charge in [0.05, 0.1) is 5.41 Å². The molecule has 0 saturated carbocycles. The molecule has 1 atom stereocenters. The summed E-state index contributed by atoms with van der Waals surface area (Å²) in [5, 5.41) is 2.74. The Labute approximate surface area is 203 Å². The Balaban J connectivity index is 2.03. The highest BCUT2D eigenvalue weighted by molar-refractivity contribution is 5.95. The molecule has 1 heterocycles. The number of carbonyl (C=O) groups is 2. The molecule has 35 heavy (non-hydrogen) atoms. The number of aromatic amines is 1. The molecule has 9 heteroatoms. The first-order valence-corrected chi connectivity index (χ1v) is 11.6. The van der Waals surface area contributed by atoms with Gasteiger partial charge in [0, 0.05) is 45.4 Å². The van der Waals surface area contributed by atoms with Gasteiger partial charge in [-0.2, -0.15) is 4.98 Å². The summed E-state index contributed by atoms with van der Waals surface area (Å²) < 4.78 is 5.03. The number of benzene rings is 2. The summed E-state index contributed by atoms with van der Waals surface area (Å²) in [4.78, 5) is 44.8. The van der Waals surface area contributed by atoms with Crippen LogP contribution in [0.4, 0.5) is 0 Å². The molecule has 0 bridgehead atoms. The number of hydrogen-bond donors (Lipinski definition) is 2. The summed E-state index contributed by atoms with van der Waals surface area (Å²) in [6, 6.07) is 11.0. The van der Waals surface area contributed by atoms with Gasteiger partial charge >= 0.3 is 5.76 Å². The molecule has 0 fully saturated rings. The van der Waals surface area contributed by atoms with Crippen LogP contribution in [0.3, 0.4) is 0 Å². The summed E-state index contributed by atoms with van der Waals surface area (Å²) in [5.74, 6) is -0.570. The highest BCUT2D eigenvalue weighted by atomic mass is 16.5. The first-order chi connectivity index (χ1) is 16.5. The van der Waals surface area contributed by atoms with Crippen molar-refractivity contribution in [2.45, 2.75) is 37.6 Å². The summed E-state index contributed by atoms with van der Waals surface area (Å²) in [5.41, 5.74) is 10.3. The predicted octanol–water partition coefficient (Wildman–Crippen LogP) is 1.94. The summed E-state index contributed by atoms with van der Waals surface area (Å²) in [7, 11) is 6.86. The molecule has 2 amide bonds. The maximum Gasteiger partial charge on any atom is 0.459 e. The van der Waals surface area contributed by atoms with Gasteiger partial charge in [0.15, 0.2) is 5.82 Å².